The van der Waals surface area contributed by atoms with Gasteiger partial charge in [-0.05, 0) is 31.2 Å². The van der Waals surface area contributed by atoms with E-state index < -0.39 is 9.84 Å². The molecule has 26 heavy (non-hydrogen) atoms. The van der Waals surface area contributed by atoms with Crippen molar-refractivity contribution in [1.82, 2.24) is 4.90 Å². The van der Waals surface area contributed by atoms with Gasteiger partial charge in [0.25, 0.3) is 0 Å². The molecule has 0 spiro atoms. The molecule has 0 aromatic heterocycles. The molecule has 2 amide bonds. The lowest BCUT2D eigenvalue weighted by molar-refractivity contribution is 0.231. The summed E-state index contributed by atoms with van der Waals surface area (Å²) in [6, 6.07) is 15.4. The number of rotatable bonds is 3. The molecule has 0 N–H and O–H groups in total. The normalized spacial score (nSPS) is 17.0. The summed E-state index contributed by atoms with van der Waals surface area (Å²) in [6.07, 6.45) is 1.38. The van der Waals surface area contributed by atoms with Crippen molar-refractivity contribution in [3.8, 4) is 0 Å². The lowest BCUT2D eigenvalue weighted by Crippen LogP contribution is -2.48. The second kappa shape index (κ2) is 6.10. The number of amidine groups is 1. The fourth-order valence-electron chi connectivity index (χ4n) is 3.01. The molecule has 0 bridgehead atoms. The highest BCUT2D eigenvalue weighted by Crippen LogP contribution is 2.31. The Balaban J connectivity index is 1.87. The van der Waals surface area contributed by atoms with Crippen molar-refractivity contribution >= 4 is 27.4 Å². The summed E-state index contributed by atoms with van der Waals surface area (Å²) in [5.41, 5.74) is 1.59. The molecule has 2 aromatic rings. The number of para-hydroxylation sites is 1. The van der Waals surface area contributed by atoms with Crippen LogP contribution in [0.25, 0.3) is 0 Å². The van der Waals surface area contributed by atoms with Gasteiger partial charge in [-0.2, -0.15) is 0 Å². The molecule has 0 saturated heterocycles. The van der Waals surface area contributed by atoms with Crippen LogP contribution in [0.1, 0.15) is 5.56 Å². The maximum atomic E-state index is 13.2. The number of fused-ring (bicyclic) bond motifs is 1. The smallest absolute Gasteiger partial charge is 0.275 e. The first-order valence-electron chi connectivity index (χ1n) is 8.23. The average molecular weight is 367 g/mol. The van der Waals surface area contributed by atoms with E-state index in [-0.39, 0.29) is 21.7 Å². The number of hydrogen-bond acceptors (Lipinski definition) is 4. The van der Waals surface area contributed by atoms with Gasteiger partial charge in [-0.1, -0.05) is 35.9 Å². The highest BCUT2D eigenvalue weighted by molar-refractivity contribution is 7.96. The van der Waals surface area contributed by atoms with E-state index in [9.17, 15) is 13.2 Å². The molecule has 4 rings (SSSR count). The van der Waals surface area contributed by atoms with Gasteiger partial charge in [-0.3, -0.25) is 14.8 Å². The lowest BCUT2D eigenvalue weighted by Gasteiger charge is -2.32. The summed E-state index contributed by atoms with van der Waals surface area (Å²) in [6.45, 7) is 2.66. The van der Waals surface area contributed by atoms with Crippen LogP contribution >= 0.6 is 0 Å². The Morgan fingerprint density at radius 2 is 1.69 bits per heavy atom. The number of aryl methyl sites for hydroxylation is 1. The van der Waals surface area contributed by atoms with E-state index in [1.54, 1.807) is 48.5 Å². The quantitative estimate of drug-likeness (QED) is 0.837. The molecule has 0 radical (unpaired) electrons. The van der Waals surface area contributed by atoms with E-state index in [1.807, 2.05) is 13.0 Å². The van der Waals surface area contributed by atoms with Crippen molar-refractivity contribution in [2.45, 2.75) is 11.8 Å². The number of sulfone groups is 1. The van der Waals surface area contributed by atoms with Gasteiger partial charge in [0.2, 0.25) is 9.84 Å². The van der Waals surface area contributed by atoms with Gasteiger partial charge >= 0.3 is 6.03 Å². The van der Waals surface area contributed by atoms with Crippen LogP contribution in [0.2, 0.25) is 0 Å². The molecule has 7 heteroatoms. The number of nitrogens with zero attached hydrogens (tertiary/aromatic N) is 3. The lowest BCUT2D eigenvalue weighted by atomic mass is 10.2. The van der Waals surface area contributed by atoms with Gasteiger partial charge in [-0.25, -0.2) is 13.2 Å². The first-order chi connectivity index (χ1) is 12.5. The Bertz CT molecular complexity index is 1030. The van der Waals surface area contributed by atoms with E-state index in [0.717, 1.165) is 5.56 Å². The number of anilines is 1. The van der Waals surface area contributed by atoms with Crippen molar-refractivity contribution < 1.29 is 13.2 Å². The fraction of sp³-hybridized carbons (Fsp3) is 0.158. The molecule has 2 heterocycles. The van der Waals surface area contributed by atoms with Crippen LogP contribution in [0, 0.1) is 6.92 Å². The third kappa shape index (κ3) is 2.61. The zero-order chi connectivity index (χ0) is 18.3. The SMILES string of the molecule is Cc1ccc(S(=O)(=O)C2=CN(c3ccccc3)C(=O)N3CCN=C23)cc1. The van der Waals surface area contributed by atoms with Gasteiger partial charge in [0.1, 0.15) is 4.91 Å². The molecule has 0 unspecified atom stereocenters. The predicted molar refractivity (Wildman–Crippen MR) is 99.8 cm³/mol. The van der Waals surface area contributed by atoms with E-state index in [2.05, 4.69) is 4.99 Å². The molecule has 2 aliphatic rings. The maximum absolute atomic E-state index is 13.2. The minimum atomic E-state index is -3.80. The monoisotopic (exact) mass is 367 g/mol. The number of hydrogen-bond donors (Lipinski definition) is 0. The predicted octanol–water partition coefficient (Wildman–Crippen LogP) is 2.96. The number of amides is 2. The third-order valence-corrected chi connectivity index (χ3v) is 6.16. The Morgan fingerprint density at radius 3 is 2.38 bits per heavy atom. The Morgan fingerprint density at radius 1 is 1.00 bits per heavy atom. The summed E-state index contributed by atoms with van der Waals surface area (Å²) in [5, 5.41) is 0. The summed E-state index contributed by atoms with van der Waals surface area (Å²) in [5.74, 6) is 0.225. The minimum absolute atomic E-state index is 0.0438. The molecule has 132 valence electrons. The van der Waals surface area contributed by atoms with Crippen molar-refractivity contribution in [1.29, 1.82) is 0 Å². The van der Waals surface area contributed by atoms with Crippen LogP contribution in [-0.4, -0.2) is 38.3 Å². The first kappa shape index (κ1) is 16.5. The number of carbonyl (C=O) groups is 1. The summed E-state index contributed by atoms with van der Waals surface area (Å²) < 4.78 is 26.4. The summed E-state index contributed by atoms with van der Waals surface area (Å²) >= 11 is 0. The highest BCUT2D eigenvalue weighted by Gasteiger charge is 2.40. The van der Waals surface area contributed by atoms with Crippen molar-refractivity contribution in [3.05, 3.63) is 71.3 Å². The standard InChI is InChI=1S/C19H17N3O3S/c1-14-7-9-16(10-8-14)26(24,25)17-13-22(15-5-3-2-4-6-15)19(23)21-12-11-20-18(17)21/h2-10,13H,11-12H2,1H3. The van der Waals surface area contributed by atoms with E-state index in [4.69, 9.17) is 0 Å². The third-order valence-electron chi connectivity index (χ3n) is 4.40. The summed E-state index contributed by atoms with van der Waals surface area (Å²) in [4.78, 5) is 20.1. The zero-order valence-electron chi connectivity index (χ0n) is 14.2. The molecule has 0 atom stereocenters. The number of carbonyl (C=O) groups excluding carboxylic acids is 1. The average Bonchev–Trinajstić information content (AvgIpc) is 3.13. The van der Waals surface area contributed by atoms with Crippen LogP contribution in [0.5, 0.6) is 0 Å². The molecule has 0 aliphatic carbocycles. The van der Waals surface area contributed by atoms with Gasteiger partial charge in [0, 0.05) is 12.7 Å². The Kier molecular flexibility index (Phi) is 3.88. The second-order valence-electron chi connectivity index (χ2n) is 6.15. The van der Waals surface area contributed by atoms with Crippen LogP contribution in [0.15, 0.2) is 75.6 Å². The summed E-state index contributed by atoms with van der Waals surface area (Å²) in [7, 11) is -3.80. The second-order valence-corrected chi connectivity index (χ2v) is 8.07. The van der Waals surface area contributed by atoms with Crippen LogP contribution in [-0.2, 0) is 9.84 Å². The van der Waals surface area contributed by atoms with Crippen LogP contribution in [0.4, 0.5) is 10.5 Å². The van der Waals surface area contributed by atoms with Gasteiger partial charge in [0.15, 0.2) is 5.84 Å². The molecule has 2 aromatic carbocycles. The van der Waals surface area contributed by atoms with Gasteiger partial charge in [-0.15, -0.1) is 0 Å². The van der Waals surface area contributed by atoms with Crippen molar-refractivity contribution in [2.24, 2.45) is 4.99 Å². The molecule has 6 nitrogen and oxygen atoms in total. The number of aliphatic imine (C=N–C) groups is 1. The van der Waals surface area contributed by atoms with Crippen LogP contribution in [0.3, 0.4) is 0 Å². The van der Waals surface area contributed by atoms with Crippen molar-refractivity contribution in [2.75, 3.05) is 18.0 Å². The van der Waals surface area contributed by atoms with Crippen molar-refractivity contribution in [3.63, 3.8) is 0 Å². The molecule has 0 fully saturated rings. The van der Waals surface area contributed by atoms with Gasteiger partial charge < -0.3 is 0 Å². The number of benzene rings is 2. The zero-order valence-corrected chi connectivity index (χ0v) is 15.0. The van der Waals surface area contributed by atoms with Gasteiger partial charge in [0.05, 0.1) is 17.1 Å². The largest absolute Gasteiger partial charge is 0.334 e. The van der Waals surface area contributed by atoms with Crippen LogP contribution < -0.4 is 4.90 Å². The Labute approximate surface area is 152 Å². The van der Waals surface area contributed by atoms with E-state index in [1.165, 1.54) is 16.0 Å². The molecule has 2 aliphatic heterocycles. The molecule has 0 saturated carbocycles. The maximum Gasteiger partial charge on any atom is 0.334 e. The highest BCUT2D eigenvalue weighted by atomic mass is 32.2. The molecular formula is C19H17N3O3S. The fourth-order valence-corrected chi connectivity index (χ4v) is 4.42. The minimum Gasteiger partial charge on any atom is -0.275 e. The van der Waals surface area contributed by atoms with E-state index >= 15 is 0 Å². The molecular weight excluding hydrogens is 350 g/mol. The topological polar surface area (TPSA) is 70.1 Å². The first-order valence-corrected chi connectivity index (χ1v) is 9.71. The Hall–Kier alpha value is -2.93. The number of urea groups is 1. The van der Waals surface area contributed by atoms with E-state index in [0.29, 0.717) is 18.8 Å².